The average molecular weight is 229 g/mol. The SMILES string of the molecule is C=C(C)CC(CSC(C)CC)NCCC. The molecule has 0 aliphatic heterocycles. The molecule has 2 heteroatoms. The van der Waals surface area contributed by atoms with Crippen LogP contribution in [0.3, 0.4) is 0 Å². The Morgan fingerprint density at radius 1 is 1.40 bits per heavy atom. The van der Waals surface area contributed by atoms with Gasteiger partial charge in [-0.05, 0) is 32.7 Å². The maximum Gasteiger partial charge on any atom is 0.0195 e. The molecule has 0 aromatic rings. The lowest BCUT2D eigenvalue weighted by molar-refractivity contribution is 0.548. The fourth-order valence-electron chi connectivity index (χ4n) is 1.36. The molecular weight excluding hydrogens is 202 g/mol. The molecule has 0 aromatic carbocycles. The number of thioether (sulfide) groups is 1. The second kappa shape index (κ2) is 9.29. The van der Waals surface area contributed by atoms with Crippen LogP contribution in [0.2, 0.25) is 0 Å². The Morgan fingerprint density at radius 3 is 2.53 bits per heavy atom. The summed E-state index contributed by atoms with van der Waals surface area (Å²) in [6, 6.07) is 0.612. The Bertz CT molecular complexity index is 168. The standard InChI is InChI=1S/C13H27NS/c1-6-8-14-13(9-11(3)4)10-15-12(5)7-2/h12-14H,3,6-10H2,1-2,4-5H3. The summed E-state index contributed by atoms with van der Waals surface area (Å²) in [5.41, 5.74) is 1.29. The van der Waals surface area contributed by atoms with Crippen molar-refractivity contribution < 1.29 is 0 Å². The maximum absolute atomic E-state index is 4.00. The van der Waals surface area contributed by atoms with Crippen LogP contribution in [-0.2, 0) is 0 Å². The summed E-state index contributed by atoms with van der Waals surface area (Å²) < 4.78 is 0. The topological polar surface area (TPSA) is 12.0 Å². The molecule has 1 N–H and O–H groups in total. The van der Waals surface area contributed by atoms with Gasteiger partial charge in [-0.3, -0.25) is 0 Å². The molecule has 0 saturated carbocycles. The summed E-state index contributed by atoms with van der Waals surface area (Å²) >= 11 is 2.07. The van der Waals surface area contributed by atoms with E-state index in [2.05, 4.69) is 51.4 Å². The van der Waals surface area contributed by atoms with E-state index in [0.29, 0.717) is 6.04 Å². The van der Waals surface area contributed by atoms with Crippen LogP contribution in [0.5, 0.6) is 0 Å². The lowest BCUT2D eigenvalue weighted by Crippen LogP contribution is -2.32. The van der Waals surface area contributed by atoms with Gasteiger partial charge in [-0.2, -0.15) is 11.8 Å². The first kappa shape index (κ1) is 15.0. The number of nitrogens with one attached hydrogen (secondary N) is 1. The lowest BCUT2D eigenvalue weighted by atomic mass is 10.1. The number of hydrogen-bond acceptors (Lipinski definition) is 2. The van der Waals surface area contributed by atoms with Gasteiger partial charge in [0.15, 0.2) is 0 Å². The van der Waals surface area contributed by atoms with Crippen LogP contribution in [0.1, 0.15) is 47.0 Å². The van der Waals surface area contributed by atoms with Crippen LogP contribution in [0, 0.1) is 0 Å². The van der Waals surface area contributed by atoms with Crippen LogP contribution in [0.15, 0.2) is 12.2 Å². The van der Waals surface area contributed by atoms with Gasteiger partial charge in [-0.15, -0.1) is 6.58 Å². The molecule has 1 nitrogen and oxygen atoms in total. The highest BCUT2D eigenvalue weighted by Gasteiger charge is 2.09. The minimum Gasteiger partial charge on any atom is -0.313 e. The van der Waals surface area contributed by atoms with Gasteiger partial charge < -0.3 is 5.32 Å². The Morgan fingerprint density at radius 2 is 2.07 bits per heavy atom. The van der Waals surface area contributed by atoms with Gasteiger partial charge in [0, 0.05) is 17.0 Å². The Hall–Kier alpha value is 0.0500. The molecule has 0 spiro atoms. The van der Waals surface area contributed by atoms with Crippen molar-refractivity contribution in [2.75, 3.05) is 12.3 Å². The average Bonchev–Trinajstić information content (AvgIpc) is 2.20. The predicted molar refractivity (Wildman–Crippen MR) is 73.7 cm³/mol. The highest BCUT2D eigenvalue weighted by atomic mass is 32.2. The Balaban J connectivity index is 3.83. The van der Waals surface area contributed by atoms with E-state index in [-0.39, 0.29) is 0 Å². The normalized spacial score (nSPS) is 14.9. The zero-order valence-corrected chi connectivity index (χ0v) is 11.6. The molecule has 0 radical (unpaired) electrons. The second-order valence-electron chi connectivity index (χ2n) is 4.36. The first-order valence-corrected chi connectivity index (χ1v) is 7.14. The van der Waals surface area contributed by atoms with Crippen molar-refractivity contribution in [3.05, 3.63) is 12.2 Å². The van der Waals surface area contributed by atoms with Crippen molar-refractivity contribution in [1.29, 1.82) is 0 Å². The maximum atomic E-state index is 4.00. The monoisotopic (exact) mass is 229 g/mol. The van der Waals surface area contributed by atoms with Gasteiger partial charge in [-0.1, -0.05) is 26.3 Å². The molecular formula is C13H27NS. The van der Waals surface area contributed by atoms with Crippen LogP contribution < -0.4 is 5.32 Å². The predicted octanol–water partition coefficient (Wildman–Crippen LogP) is 3.85. The van der Waals surface area contributed by atoms with Gasteiger partial charge in [0.2, 0.25) is 0 Å². The molecule has 0 heterocycles. The van der Waals surface area contributed by atoms with E-state index in [1.54, 1.807) is 0 Å². The van der Waals surface area contributed by atoms with E-state index in [1.165, 1.54) is 24.2 Å². The molecule has 90 valence electrons. The summed E-state index contributed by atoms with van der Waals surface area (Å²) in [6.45, 7) is 14.0. The minimum absolute atomic E-state index is 0.612. The van der Waals surface area contributed by atoms with Crippen molar-refractivity contribution in [3.8, 4) is 0 Å². The number of hydrogen-bond donors (Lipinski definition) is 1. The fourth-order valence-corrected chi connectivity index (χ4v) is 2.39. The largest absolute Gasteiger partial charge is 0.313 e. The molecule has 0 saturated heterocycles. The smallest absolute Gasteiger partial charge is 0.0195 e. The quantitative estimate of drug-likeness (QED) is 0.603. The number of rotatable bonds is 9. The Kier molecular flexibility index (Phi) is 9.32. The van der Waals surface area contributed by atoms with E-state index in [9.17, 15) is 0 Å². The summed E-state index contributed by atoms with van der Waals surface area (Å²) in [7, 11) is 0. The van der Waals surface area contributed by atoms with E-state index < -0.39 is 0 Å². The van der Waals surface area contributed by atoms with Crippen LogP contribution in [0.4, 0.5) is 0 Å². The van der Waals surface area contributed by atoms with Gasteiger partial charge in [-0.25, -0.2) is 0 Å². The van der Waals surface area contributed by atoms with E-state index >= 15 is 0 Å². The zero-order valence-electron chi connectivity index (χ0n) is 10.8. The zero-order chi connectivity index (χ0) is 11.7. The lowest BCUT2D eigenvalue weighted by Gasteiger charge is -2.20. The second-order valence-corrected chi connectivity index (χ2v) is 5.84. The van der Waals surface area contributed by atoms with Gasteiger partial charge in [0.05, 0.1) is 0 Å². The van der Waals surface area contributed by atoms with Crippen molar-refractivity contribution in [2.45, 2.75) is 58.2 Å². The van der Waals surface area contributed by atoms with E-state index in [1.807, 2.05) is 0 Å². The molecule has 0 bridgehead atoms. The van der Waals surface area contributed by atoms with Crippen molar-refractivity contribution in [1.82, 2.24) is 5.32 Å². The minimum atomic E-state index is 0.612. The molecule has 2 atom stereocenters. The van der Waals surface area contributed by atoms with Crippen LogP contribution in [0.25, 0.3) is 0 Å². The molecule has 0 aliphatic carbocycles. The van der Waals surface area contributed by atoms with Crippen molar-refractivity contribution in [2.24, 2.45) is 0 Å². The van der Waals surface area contributed by atoms with Gasteiger partial charge >= 0.3 is 0 Å². The summed E-state index contributed by atoms with van der Waals surface area (Å²) in [6.07, 6.45) is 3.59. The molecule has 0 rings (SSSR count). The Labute approximate surface area is 100 Å². The summed E-state index contributed by atoms with van der Waals surface area (Å²) in [4.78, 5) is 0. The first-order chi connectivity index (χ1) is 7.10. The molecule has 2 unspecified atom stereocenters. The highest BCUT2D eigenvalue weighted by molar-refractivity contribution is 7.99. The van der Waals surface area contributed by atoms with E-state index in [4.69, 9.17) is 0 Å². The van der Waals surface area contributed by atoms with Crippen LogP contribution in [-0.4, -0.2) is 23.6 Å². The van der Waals surface area contributed by atoms with Gasteiger partial charge in [0.1, 0.15) is 0 Å². The molecule has 15 heavy (non-hydrogen) atoms. The summed E-state index contributed by atoms with van der Waals surface area (Å²) in [5.74, 6) is 1.21. The third-order valence-electron chi connectivity index (χ3n) is 2.43. The molecule has 0 amide bonds. The van der Waals surface area contributed by atoms with Gasteiger partial charge in [0.25, 0.3) is 0 Å². The third-order valence-corrected chi connectivity index (χ3v) is 3.93. The molecule has 0 aromatic heterocycles. The highest BCUT2D eigenvalue weighted by Crippen LogP contribution is 2.17. The fraction of sp³-hybridized carbons (Fsp3) is 0.846. The first-order valence-electron chi connectivity index (χ1n) is 6.09. The molecule has 0 aliphatic rings. The van der Waals surface area contributed by atoms with Crippen molar-refractivity contribution >= 4 is 11.8 Å². The summed E-state index contributed by atoms with van der Waals surface area (Å²) in [5, 5.41) is 4.38. The van der Waals surface area contributed by atoms with E-state index in [0.717, 1.165) is 18.2 Å². The van der Waals surface area contributed by atoms with Crippen molar-refractivity contribution in [3.63, 3.8) is 0 Å². The molecule has 0 fully saturated rings. The third kappa shape index (κ3) is 9.01. The van der Waals surface area contributed by atoms with Crippen LogP contribution >= 0.6 is 11.8 Å².